The van der Waals surface area contributed by atoms with E-state index in [0.717, 1.165) is 4.70 Å². The summed E-state index contributed by atoms with van der Waals surface area (Å²) in [6.07, 6.45) is 0. The molecule has 0 atom stereocenters. The smallest absolute Gasteiger partial charge is 0.188 e. The van der Waals surface area contributed by atoms with Crippen molar-refractivity contribution in [1.29, 1.82) is 0 Å². The summed E-state index contributed by atoms with van der Waals surface area (Å²) in [5.74, 6) is -1.26. The molecule has 1 N–H and O–H groups in total. The molecule has 0 fully saturated rings. The average Bonchev–Trinajstić information content (AvgIpc) is 2.81. The zero-order valence-electron chi connectivity index (χ0n) is 10.4. The SMILES string of the molecule is Cc1ccc(F)c(Nc2nc3cc(Cl)ccc3s2)c1F. The van der Waals surface area contributed by atoms with Gasteiger partial charge in [-0.05, 0) is 36.8 Å². The molecule has 102 valence electrons. The zero-order valence-corrected chi connectivity index (χ0v) is 11.9. The lowest BCUT2D eigenvalue weighted by atomic mass is 10.2. The zero-order chi connectivity index (χ0) is 14.3. The minimum atomic E-state index is -0.648. The van der Waals surface area contributed by atoms with Crippen LogP contribution in [0.1, 0.15) is 5.56 Å². The van der Waals surface area contributed by atoms with Crippen LogP contribution in [0, 0.1) is 18.6 Å². The van der Waals surface area contributed by atoms with E-state index in [2.05, 4.69) is 10.3 Å². The number of fused-ring (bicyclic) bond motifs is 1. The Balaban J connectivity index is 2.03. The van der Waals surface area contributed by atoms with Crippen LogP contribution >= 0.6 is 22.9 Å². The van der Waals surface area contributed by atoms with E-state index in [1.54, 1.807) is 19.1 Å². The van der Waals surface area contributed by atoms with Crippen molar-refractivity contribution in [2.24, 2.45) is 0 Å². The van der Waals surface area contributed by atoms with Crippen LogP contribution in [0.25, 0.3) is 10.2 Å². The third-order valence-corrected chi connectivity index (χ3v) is 4.05. The molecule has 1 heterocycles. The molecule has 2 aromatic carbocycles. The van der Waals surface area contributed by atoms with Crippen LogP contribution in [0.2, 0.25) is 5.02 Å². The highest BCUT2D eigenvalue weighted by Crippen LogP contribution is 2.32. The van der Waals surface area contributed by atoms with Crippen molar-refractivity contribution in [3.63, 3.8) is 0 Å². The molecule has 3 rings (SSSR count). The van der Waals surface area contributed by atoms with Crippen molar-refractivity contribution in [2.75, 3.05) is 5.32 Å². The molecule has 0 saturated carbocycles. The van der Waals surface area contributed by atoms with Gasteiger partial charge in [0.1, 0.15) is 11.5 Å². The number of nitrogens with zero attached hydrogens (tertiary/aromatic N) is 1. The third-order valence-electron chi connectivity index (χ3n) is 2.87. The summed E-state index contributed by atoms with van der Waals surface area (Å²) >= 11 is 7.19. The minimum absolute atomic E-state index is 0.185. The van der Waals surface area contributed by atoms with E-state index in [1.807, 2.05) is 6.07 Å². The Hall–Kier alpha value is -1.72. The van der Waals surface area contributed by atoms with E-state index >= 15 is 0 Å². The van der Waals surface area contributed by atoms with Gasteiger partial charge in [-0.25, -0.2) is 13.8 Å². The summed E-state index contributed by atoms with van der Waals surface area (Å²) in [7, 11) is 0. The molecule has 0 aliphatic heterocycles. The van der Waals surface area contributed by atoms with Crippen molar-refractivity contribution in [3.8, 4) is 0 Å². The van der Waals surface area contributed by atoms with E-state index in [4.69, 9.17) is 11.6 Å². The highest BCUT2D eigenvalue weighted by atomic mass is 35.5. The van der Waals surface area contributed by atoms with Crippen molar-refractivity contribution >= 4 is 44.0 Å². The van der Waals surface area contributed by atoms with Crippen LogP contribution in [0.5, 0.6) is 0 Å². The maximum Gasteiger partial charge on any atom is 0.188 e. The first-order chi connectivity index (χ1) is 9.54. The van der Waals surface area contributed by atoms with Gasteiger partial charge in [0, 0.05) is 5.02 Å². The van der Waals surface area contributed by atoms with Crippen LogP contribution in [0.3, 0.4) is 0 Å². The average molecular weight is 311 g/mol. The summed E-state index contributed by atoms with van der Waals surface area (Å²) < 4.78 is 28.5. The molecule has 2 nitrogen and oxygen atoms in total. The molecule has 0 unspecified atom stereocenters. The number of rotatable bonds is 2. The molecule has 0 spiro atoms. The predicted octanol–water partition coefficient (Wildman–Crippen LogP) is 5.28. The molecular weight excluding hydrogens is 302 g/mol. The first-order valence-electron chi connectivity index (χ1n) is 5.82. The normalized spacial score (nSPS) is 11.0. The molecular formula is C14H9ClF2N2S. The first-order valence-corrected chi connectivity index (χ1v) is 7.02. The van der Waals surface area contributed by atoms with Gasteiger partial charge in [-0.1, -0.05) is 29.0 Å². The number of aryl methyl sites for hydroxylation is 1. The number of hydrogen-bond acceptors (Lipinski definition) is 3. The van der Waals surface area contributed by atoms with Crippen LogP contribution in [-0.4, -0.2) is 4.98 Å². The first kappa shape index (κ1) is 13.3. The summed E-state index contributed by atoms with van der Waals surface area (Å²) in [5, 5.41) is 3.70. The molecule has 1 aromatic heterocycles. The molecule has 6 heteroatoms. The topological polar surface area (TPSA) is 24.9 Å². The second-order valence-corrected chi connectivity index (χ2v) is 5.78. The maximum absolute atomic E-state index is 13.9. The van der Waals surface area contributed by atoms with E-state index < -0.39 is 11.6 Å². The summed E-state index contributed by atoms with van der Waals surface area (Å²) in [4.78, 5) is 4.27. The second kappa shape index (κ2) is 5.00. The molecule has 3 aromatic rings. The molecule has 0 bridgehead atoms. The summed E-state index contributed by atoms with van der Waals surface area (Å²) in [6, 6.07) is 7.91. The standard InChI is InChI=1S/C14H9ClF2N2S/c1-7-2-4-9(16)13(12(7)17)19-14-18-10-6-8(15)3-5-11(10)20-14/h2-6H,1H3,(H,18,19). The number of thiazole rings is 1. The fourth-order valence-corrected chi connectivity index (χ4v) is 2.85. The Bertz CT molecular complexity index is 801. The van der Waals surface area contributed by atoms with Crippen molar-refractivity contribution in [3.05, 3.63) is 52.6 Å². The van der Waals surface area contributed by atoms with Crippen LogP contribution in [-0.2, 0) is 0 Å². The van der Waals surface area contributed by atoms with Gasteiger partial charge in [0.05, 0.1) is 10.2 Å². The largest absolute Gasteiger partial charge is 0.327 e. The van der Waals surface area contributed by atoms with Crippen LogP contribution < -0.4 is 5.32 Å². The van der Waals surface area contributed by atoms with E-state index in [9.17, 15) is 8.78 Å². The summed E-state index contributed by atoms with van der Waals surface area (Å²) in [6.45, 7) is 1.58. The van der Waals surface area contributed by atoms with E-state index in [-0.39, 0.29) is 5.69 Å². The van der Waals surface area contributed by atoms with Crippen molar-refractivity contribution in [1.82, 2.24) is 4.98 Å². The second-order valence-electron chi connectivity index (χ2n) is 4.31. The Kier molecular flexibility index (Phi) is 3.31. The fourth-order valence-electron chi connectivity index (χ4n) is 1.83. The van der Waals surface area contributed by atoms with Gasteiger partial charge in [0.25, 0.3) is 0 Å². The van der Waals surface area contributed by atoms with Crippen LogP contribution in [0.4, 0.5) is 19.6 Å². The number of halogens is 3. The Morgan fingerprint density at radius 1 is 1.20 bits per heavy atom. The van der Waals surface area contributed by atoms with Gasteiger partial charge in [-0.3, -0.25) is 0 Å². The highest BCUT2D eigenvalue weighted by Gasteiger charge is 2.13. The van der Waals surface area contributed by atoms with Crippen molar-refractivity contribution in [2.45, 2.75) is 6.92 Å². The van der Waals surface area contributed by atoms with Gasteiger partial charge in [0.15, 0.2) is 10.9 Å². The lowest BCUT2D eigenvalue weighted by Crippen LogP contribution is -1.98. The molecule has 0 amide bonds. The van der Waals surface area contributed by atoms with Gasteiger partial charge < -0.3 is 5.32 Å². The molecule has 0 saturated heterocycles. The number of nitrogens with one attached hydrogen (secondary N) is 1. The molecule has 0 aliphatic rings. The Morgan fingerprint density at radius 2 is 2.00 bits per heavy atom. The molecule has 0 radical (unpaired) electrons. The predicted molar refractivity (Wildman–Crippen MR) is 79.0 cm³/mol. The lowest BCUT2D eigenvalue weighted by Gasteiger charge is -2.07. The quantitative estimate of drug-likeness (QED) is 0.696. The molecule has 20 heavy (non-hydrogen) atoms. The number of benzene rings is 2. The van der Waals surface area contributed by atoms with Gasteiger partial charge >= 0.3 is 0 Å². The van der Waals surface area contributed by atoms with Crippen molar-refractivity contribution < 1.29 is 8.78 Å². The van der Waals surface area contributed by atoms with Gasteiger partial charge in [0.2, 0.25) is 0 Å². The lowest BCUT2D eigenvalue weighted by molar-refractivity contribution is 0.585. The number of anilines is 2. The molecule has 0 aliphatic carbocycles. The minimum Gasteiger partial charge on any atom is -0.327 e. The third kappa shape index (κ3) is 2.34. The number of hydrogen-bond donors (Lipinski definition) is 1. The van der Waals surface area contributed by atoms with Gasteiger partial charge in [-0.15, -0.1) is 0 Å². The van der Waals surface area contributed by atoms with Crippen LogP contribution in [0.15, 0.2) is 30.3 Å². The Labute approximate surface area is 123 Å². The Morgan fingerprint density at radius 3 is 2.80 bits per heavy atom. The monoisotopic (exact) mass is 310 g/mol. The fraction of sp³-hybridized carbons (Fsp3) is 0.0714. The van der Waals surface area contributed by atoms with Gasteiger partial charge in [-0.2, -0.15) is 0 Å². The maximum atomic E-state index is 13.9. The summed E-state index contributed by atoms with van der Waals surface area (Å²) in [5.41, 5.74) is 0.881. The van der Waals surface area contributed by atoms with E-state index in [0.29, 0.717) is 21.2 Å². The number of aromatic nitrogens is 1. The highest BCUT2D eigenvalue weighted by molar-refractivity contribution is 7.22. The van der Waals surface area contributed by atoms with E-state index in [1.165, 1.54) is 23.5 Å².